The molecule has 1 aromatic carbocycles. The number of nitrogens with one attached hydrogen (secondary N) is 1. The molecule has 0 saturated carbocycles. The molecule has 0 radical (unpaired) electrons. The summed E-state index contributed by atoms with van der Waals surface area (Å²) in [7, 11) is -1.47. The highest BCUT2D eigenvalue weighted by Crippen LogP contribution is 2.29. The molecule has 33 heavy (non-hydrogen) atoms. The molecule has 1 fully saturated rings. The van der Waals surface area contributed by atoms with Crippen molar-refractivity contribution in [1.82, 2.24) is 24.8 Å². The first-order valence-corrected chi connectivity index (χ1v) is 12.4. The fourth-order valence-electron chi connectivity index (χ4n) is 3.66. The maximum atomic E-state index is 15.1. The van der Waals surface area contributed by atoms with Gasteiger partial charge in [-0.2, -0.15) is 0 Å². The quantitative estimate of drug-likeness (QED) is 0.550. The number of piperazine rings is 1. The van der Waals surface area contributed by atoms with Crippen LogP contribution < -0.4 is 10.2 Å². The molecule has 4 rings (SSSR count). The summed E-state index contributed by atoms with van der Waals surface area (Å²) in [6, 6.07) is 2.19. The molecule has 176 valence electrons. The minimum absolute atomic E-state index is 0.0743. The monoisotopic (exact) mass is 477 g/mol. The van der Waals surface area contributed by atoms with Crippen molar-refractivity contribution in [1.29, 1.82) is 0 Å². The average Bonchev–Trinajstić information content (AvgIpc) is 2.79. The molecule has 12 heteroatoms. The Morgan fingerprint density at radius 1 is 1.09 bits per heavy atom. The Morgan fingerprint density at radius 2 is 1.85 bits per heavy atom. The van der Waals surface area contributed by atoms with Gasteiger partial charge in [0.05, 0.1) is 17.7 Å². The Morgan fingerprint density at radius 3 is 2.58 bits per heavy atom. The van der Waals surface area contributed by atoms with E-state index in [1.807, 2.05) is 11.9 Å². The van der Waals surface area contributed by atoms with E-state index in [1.165, 1.54) is 6.33 Å². The van der Waals surface area contributed by atoms with E-state index in [-0.39, 0.29) is 17.1 Å². The molecule has 1 N–H and O–H groups in total. The van der Waals surface area contributed by atoms with Crippen LogP contribution in [0.1, 0.15) is 18.9 Å². The number of hydrogen-bond donors (Lipinski definition) is 1. The van der Waals surface area contributed by atoms with Crippen LogP contribution in [0, 0.1) is 11.6 Å². The lowest BCUT2D eigenvalue weighted by atomic mass is 10.2. The number of hydrogen-bond acceptors (Lipinski definition) is 9. The van der Waals surface area contributed by atoms with Crippen molar-refractivity contribution in [3.63, 3.8) is 0 Å². The second-order valence-electron chi connectivity index (χ2n) is 8.03. The summed E-state index contributed by atoms with van der Waals surface area (Å²) in [5.74, 6) is -1.85. The van der Waals surface area contributed by atoms with Gasteiger partial charge in [0.1, 0.15) is 28.9 Å². The number of likely N-dealkylation sites (N-methyl/N-ethyl adjacent to an activating group) is 1. The maximum absolute atomic E-state index is 15.1. The summed E-state index contributed by atoms with van der Waals surface area (Å²) in [6.45, 7) is 4.94. The molecule has 0 amide bonds. The molecule has 1 aliphatic rings. The first-order valence-electron chi connectivity index (χ1n) is 10.6. The number of fused-ring (bicyclic) bond motifs is 1. The molecule has 0 aliphatic carbocycles. The van der Waals surface area contributed by atoms with Gasteiger partial charge in [-0.3, -0.25) is 0 Å². The second-order valence-corrected chi connectivity index (χ2v) is 10.2. The minimum atomic E-state index is -3.51. The minimum Gasteiger partial charge on any atom is -0.338 e. The zero-order valence-electron chi connectivity index (χ0n) is 18.4. The van der Waals surface area contributed by atoms with E-state index in [2.05, 4.69) is 30.2 Å². The summed E-state index contributed by atoms with van der Waals surface area (Å²) in [6.07, 6.45) is 3.21. The van der Waals surface area contributed by atoms with Gasteiger partial charge in [-0.25, -0.2) is 37.1 Å². The average molecular weight is 478 g/mol. The molecule has 1 saturated heterocycles. The number of anilines is 3. The van der Waals surface area contributed by atoms with Crippen LogP contribution in [0.15, 0.2) is 24.7 Å². The third-order valence-electron chi connectivity index (χ3n) is 5.46. The zero-order chi connectivity index (χ0) is 23.6. The van der Waals surface area contributed by atoms with Crippen LogP contribution in [-0.2, 0) is 15.6 Å². The van der Waals surface area contributed by atoms with E-state index in [0.717, 1.165) is 38.3 Å². The van der Waals surface area contributed by atoms with E-state index in [1.54, 1.807) is 13.1 Å². The SMILES string of the molecule is CCCS(=O)(=O)Cc1ccc(F)c(Nc2ncnc3cnc(N4CCN(C)CC4)nc23)c1F. The highest BCUT2D eigenvalue weighted by atomic mass is 32.2. The second kappa shape index (κ2) is 9.48. The Kier molecular flexibility index (Phi) is 6.66. The molecule has 9 nitrogen and oxygen atoms in total. The van der Waals surface area contributed by atoms with Gasteiger partial charge in [0.15, 0.2) is 21.5 Å². The maximum Gasteiger partial charge on any atom is 0.226 e. The van der Waals surface area contributed by atoms with Crippen molar-refractivity contribution in [3.8, 4) is 0 Å². The number of sulfone groups is 1. The largest absolute Gasteiger partial charge is 0.338 e. The molecule has 0 bridgehead atoms. The normalized spacial score (nSPS) is 15.2. The first-order chi connectivity index (χ1) is 15.8. The van der Waals surface area contributed by atoms with Crippen LogP contribution in [0.3, 0.4) is 0 Å². The Hall–Kier alpha value is -2.99. The highest BCUT2D eigenvalue weighted by Gasteiger charge is 2.22. The van der Waals surface area contributed by atoms with Gasteiger partial charge < -0.3 is 15.1 Å². The standard InChI is InChI=1S/C21H25F2N7O2S/c1-3-10-33(31,32)12-14-4-5-15(22)18(17(14)23)27-20-19-16(25-13-26-20)11-24-21(28-19)30-8-6-29(2)7-9-30/h4-5,11,13H,3,6-10,12H2,1-2H3,(H,25,26,27). The van der Waals surface area contributed by atoms with Crippen molar-refractivity contribution >= 4 is 38.3 Å². The summed E-state index contributed by atoms with van der Waals surface area (Å²) in [5, 5.41) is 2.67. The number of nitrogens with zero attached hydrogens (tertiary/aromatic N) is 6. The van der Waals surface area contributed by atoms with Crippen molar-refractivity contribution in [3.05, 3.63) is 41.9 Å². The number of benzene rings is 1. The van der Waals surface area contributed by atoms with Crippen molar-refractivity contribution in [2.45, 2.75) is 19.1 Å². The predicted octanol–water partition coefficient (Wildman–Crippen LogP) is 2.52. The lowest BCUT2D eigenvalue weighted by Gasteiger charge is -2.32. The topological polar surface area (TPSA) is 104 Å². The molecule has 0 spiro atoms. The van der Waals surface area contributed by atoms with Crippen LogP contribution in [0.25, 0.3) is 11.0 Å². The van der Waals surface area contributed by atoms with Crippen LogP contribution in [-0.4, -0.2) is 72.2 Å². The first kappa shape index (κ1) is 23.2. The van der Waals surface area contributed by atoms with E-state index in [0.29, 0.717) is 23.4 Å². The number of halogens is 2. The molecular formula is C21H25F2N7O2S. The van der Waals surface area contributed by atoms with E-state index >= 15 is 4.39 Å². The molecule has 2 aromatic heterocycles. The summed E-state index contributed by atoms with van der Waals surface area (Å²) in [5.41, 5.74) is 0.120. The summed E-state index contributed by atoms with van der Waals surface area (Å²) < 4.78 is 54.0. The van der Waals surface area contributed by atoms with Gasteiger partial charge in [-0.15, -0.1) is 0 Å². The molecule has 0 unspecified atom stereocenters. The smallest absolute Gasteiger partial charge is 0.226 e. The van der Waals surface area contributed by atoms with Crippen molar-refractivity contribution in [2.75, 3.05) is 49.2 Å². The van der Waals surface area contributed by atoms with E-state index in [9.17, 15) is 12.8 Å². The molecule has 3 aromatic rings. The van der Waals surface area contributed by atoms with Crippen molar-refractivity contribution < 1.29 is 17.2 Å². The third kappa shape index (κ3) is 5.17. The fraction of sp³-hybridized carbons (Fsp3) is 0.429. The molecule has 0 atom stereocenters. The summed E-state index contributed by atoms with van der Waals surface area (Å²) >= 11 is 0. The Labute approximate surface area is 190 Å². The predicted molar refractivity (Wildman–Crippen MR) is 122 cm³/mol. The van der Waals surface area contributed by atoms with Gasteiger partial charge in [-0.05, 0) is 19.5 Å². The van der Waals surface area contributed by atoms with Crippen molar-refractivity contribution in [2.24, 2.45) is 0 Å². The van der Waals surface area contributed by atoms with Crippen LogP contribution in [0.2, 0.25) is 0 Å². The fourth-order valence-corrected chi connectivity index (χ4v) is 5.12. The van der Waals surface area contributed by atoms with Crippen LogP contribution in [0.4, 0.5) is 26.2 Å². The summed E-state index contributed by atoms with van der Waals surface area (Å²) in [4.78, 5) is 21.4. The van der Waals surface area contributed by atoms with Gasteiger partial charge in [-0.1, -0.05) is 13.0 Å². The van der Waals surface area contributed by atoms with E-state index in [4.69, 9.17) is 0 Å². The molecular weight excluding hydrogens is 452 g/mol. The van der Waals surface area contributed by atoms with Gasteiger partial charge >= 0.3 is 0 Å². The van der Waals surface area contributed by atoms with Gasteiger partial charge in [0, 0.05) is 31.7 Å². The molecule has 3 heterocycles. The van der Waals surface area contributed by atoms with Crippen LogP contribution >= 0.6 is 0 Å². The lowest BCUT2D eigenvalue weighted by Crippen LogP contribution is -2.45. The Balaban J connectivity index is 1.69. The van der Waals surface area contributed by atoms with Crippen LogP contribution in [0.5, 0.6) is 0 Å². The zero-order valence-corrected chi connectivity index (χ0v) is 19.2. The highest BCUT2D eigenvalue weighted by molar-refractivity contribution is 7.90. The van der Waals surface area contributed by atoms with Gasteiger partial charge in [0.25, 0.3) is 0 Å². The lowest BCUT2D eigenvalue weighted by molar-refractivity contribution is 0.311. The third-order valence-corrected chi connectivity index (χ3v) is 7.24. The van der Waals surface area contributed by atoms with Gasteiger partial charge in [0.2, 0.25) is 5.95 Å². The molecule has 1 aliphatic heterocycles. The number of aromatic nitrogens is 4. The Bertz CT molecular complexity index is 1260. The number of rotatable bonds is 7. The van der Waals surface area contributed by atoms with E-state index < -0.39 is 32.9 Å².